The lowest BCUT2D eigenvalue weighted by atomic mass is 9.76. The Morgan fingerprint density at radius 1 is 1.47 bits per heavy atom. The van der Waals surface area contributed by atoms with Gasteiger partial charge in [0.15, 0.2) is 0 Å². The summed E-state index contributed by atoms with van der Waals surface area (Å²) in [6.45, 7) is 4.27. The molecule has 0 aromatic carbocycles. The first-order chi connectivity index (χ1) is 8.93. The van der Waals surface area contributed by atoms with Gasteiger partial charge in [-0.2, -0.15) is 0 Å². The molecule has 1 aliphatic rings. The van der Waals surface area contributed by atoms with Gasteiger partial charge in [0.25, 0.3) is 5.91 Å². The van der Waals surface area contributed by atoms with Crippen LogP contribution in [0.5, 0.6) is 0 Å². The molecule has 1 N–H and O–H groups in total. The molecule has 1 fully saturated rings. The van der Waals surface area contributed by atoms with E-state index in [0.29, 0.717) is 12.1 Å². The molecule has 0 spiro atoms. The summed E-state index contributed by atoms with van der Waals surface area (Å²) in [5.41, 5.74) is 0.0218. The van der Waals surface area contributed by atoms with Crippen LogP contribution in [0.4, 0.5) is 0 Å². The lowest BCUT2D eigenvalue weighted by Gasteiger charge is -2.43. The van der Waals surface area contributed by atoms with Gasteiger partial charge < -0.3 is 10.0 Å². The third-order valence-electron chi connectivity index (χ3n) is 3.68. The molecule has 0 bridgehead atoms. The Morgan fingerprint density at radius 3 is 2.79 bits per heavy atom. The molecular formula is C14H18N2O3. The summed E-state index contributed by atoms with van der Waals surface area (Å²) in [7, 11) is 0. The molecular weight excluding hydrogens is 244 g/mol. The van der Waals surface area contributed by atoms with Crippen molar-refractivity contribution in [3.8, 4) is 0 Å². The molecule has 1 aromatic heterocycles. The van der Waals surface area contributed by atoms with Crippen molar-refractivity contribution in [2.24, 2.45) is 5.41 Å². The highest BCUT2D eigenvalue weighted by atomic mass is 16.4. The standard InChI is InChI=1S/C14H18N2O3/c1-14(2)6-4-8-16(11(14)13(18)19)12(17)10-5-3-7-15-9-10/h3,5,7,9,11H,4,6,8H2,1-2H3,(H,18,19). The number of amides is 1. The average molecular weight is 262 g/mol. The zero-order valence-electron chi connectivity index (χ0n) is 11.2. The first-order valence-electron chi connectivity index (χ1n) is 6.37. The highest BCUT2D eigenvalue weighted by Gasteiger charge is 2.44. The molecule has 0 aliphatic carbocycles. The van der Waals surface area contributed by atoms with E-state index < -0.39 is 17.4 Å². The number of nitrogens with zero attached hydrogens (tertiary/aromatic N) is 2. The second-order valence-electron chi connectivity index (χ2n) is 5.57. The highest BCUT2D eigenvalue weighted by Crippen LogP contribution is 2.35. The molecule has 0 saturated carbocycles. The minimum Gasteiger partial charge on any atom is -0.480 e. The van der Waals surface area contributed by atoms with Crippen LogP contribution in [0.1, 0.15) is 37.0 Å². The molecule has 19 heavy (non-hydrogen) atoms. The number of carbonyl (C=O) groups excluding carboxylic acids is 1. The van der Waals surface area contributed by atoms with E-state index in [9.17, 15) is 14.7 Å². The minimum atomic E-state index is -0.943. The maximum Gasteiger partial charge on any atom is 0.326 e. The van der Waals surface area contributed by atoms with Crippen LogP contribution in [-0.4, -0.2) is 39.5 Å². The van der Waals surface area contributed by atoms with Crippen molar-refractivity contribution < 1.29 is 14.7 Å². The molecule has 1 aliphatic heterocycles. The highest BCUT2D eigenvalue weighted by molar-refractivity contribution is 5.96. The molecule has 1 atom stereocenters. The number of rotatable bonds is 2. The maximum absolute atomic E-state index is 12.4. The zero-order valence-corrected chi connectivity index (χ0v) is 11.2. The molecule has 1 aromatic rings. The summed E-state index contributed by atoms with van der Waals surface area (Å²) in [5.74, 6) is -1.20. The smallest absolute Gasteiger partial charge is 0.326 e. The lowest BCUT2D eigenvalue weighted by molar-refractivity contribution is -0.148. The number of aromatic nitrogens is 1. The van der Waals surface area contributed by atoms with Crippen molar-refractivity contribution in [2.75, 3.05) is 6.54 Å². The van der Waals surface area contributed by atoms with Crippen molar-refractivity contribution in [2.45, 2.75) is 32.7 Å². The number of carboxylic acids is 1. The number of hydrogen-bond acceptors (Lipinski definition) is 3. The molecule has 2 rings (SSSR count). The van der Waals surface area contributed by atoms with Crippen LogP contribution < -0.4 is 0 Å². The predicted octanol–water partition coefficient (Wildman–Crippen LogP) is 1.80. The lowest BCUT2D eigenvalue weighted by Crippen LogP contribution is -2.56. The fraction of sp³-hybridized carbons (Fsp3) is 0.500. The molecule has 5 nitrogen and oxygen atoms in total. The Morgan fingerprint density at radius 2 is 2.21 bits per heavy atom. The van der Waals surface area contributed by atoms with E-state index in [1.807, 2.05) is 13.8 Å². The zero-order chi connectivity index (χ0) is 14.0. The van der Waals surface area contributed by atoms with E-state index in [4.69, 9.17) is 0 Å². The van der Waals surface area contributed by atoms with Crippen molar-refractivity contribution in [3.05, 3.63) is 30.1 Å². The summed E-state index contributed by atoms with van der Waals surface area (Å²) in [6.07, 6.45) is 4.69. The summed E-state index contributed by atoms with van der Waals surface area (Å²) in [4.78, 5) is 29.3. The van der Waals surface area contributed by atoms with Crippen LogP contribution in [0.3, 0.4) is 0 Å². The van der Waals surface area contributed by atoms with E-state index in [1.165, 1.54) is 11.1 Å². The SMILES string of the molecule is CC1(C)CCCN(C(=O)c2cccnc2)C1C(=O)O. The molecule has 2 heterocycles. The number of aliphatic carboxylic acids is 1. The van der Waals surface area contributed by atoms with Gasteiger partial charge >= 0.3 is 5.97 Å². The minimum absolute atomic E-state index is 0.256. The third-order valence-corrected chi connectivity index (χ3v) is 3.68. The summed E-state index contributed by atoms with van der Waals surface area (Å²) in [5, 5.41) is 9.43. The Balaban J connectivity index is 2.32. The van der Waals surface area contributed by atoms with Gasteiger partial charge in [-0.25, -0.2) is 4.79 Å². The van der Waals surface area contributed by atoms with Crippen LogP contribution in [0, 0.1) is 5.41 Å². The van der Waals surface area contributed by atoms with Crippen molar-refractivity contribution in [1.82, 2.24) is 9.88 Å². The first-order valence-corrected chi connectivity index (χ1v) is 6.37. The molecule has 5 heteroatoms. The topological polar surface area (TPSA) is 70.5 Å². The number of likely N-dealkylation sites (tertiary alicyclic amines) is 1. The molecule has 1 saturated heterocycles. The Hall–Kier alpha value is -1.91. The fourth-order valence-corrected chi connectivity index (χ4v) is 2.73. The second-order valence-corrected chi connectivity index (χ2v) is 5.57. The van der Waals surface area contributed by atoms with E-state index in [-0.39, 0.29) is 5.91 Å². The van der Waals surface area contributed by atoms with Crippen LogP contribution >= 0.6 is 0 Å². The van der Waals surface area contributed by atoms with Gasteiger partial charge in [-0.15, -0.1) is 0 Å². The van der Waals surface area contributed by atoms with Crippen LogP contribution in [0.15, 0.2) is 24.5 Å². The monoisotopic (exact) mass is 262 g/mol. The van der Waals surface area contributed by atoms with Crippen molar-refractivity contribution in [3.63, 3.8) is 0 Å². The van der Waals surface area contributed by atoms with Gasteiger partial charge in [0, 0.05) is 18.9 Å². The van der Waals surface area contributed by atoms with Crippen molar-refractivity contribution >= 4 is 11.9 Å². The van der Waals surface area contributed by atoms with Crippen LogP contribution in [0.2, 0.25) is 0 Å². The average Bonchev–Trinajstić information content (AvgIpc) is 2.37. The van der Waals surface area contributed by atoms with E-state index in [1.54, 1.807) is 18.3 Å². The first kappa shape index (κ1) is 13.5. The number of carboxylic acid groups (broad SMARTS) is 1. The number of hydrogen-bond donors (Lipinski definition) is 1. The molecule has 0 radical (unpaired) electrons. The quantitative estimate of drug-likeness (QED) is 0.882. The number of piperidine rings is 1. The maximum atomic E-state index is 12.4. The van der Waals surface area contributed by atoms with E-state index in [2.05, 4.69) is 4.98 Å². The van der Waals surface area contributed by atoms with Crippen LogP contribution in [0.25, 0.3) is 0 Å². The van der Waals surface area contributed by atoms with E-state index in [0.717, 1.165) is 12.8 Å². The summed E-state index contributed by atoms with van der Waals surface area (Å²) in [6, 6.07) is 2.56. The fourth-order valence-electron chi connectivity index (χ4n) is 2.73. The Kier molecular flexibility index (Phi) is 3.55. The number of pyridine rings is 1. The number of carbonyl (C=O) groups is 2. The normalized spacial score (nSPS) is 22.0. The molecule has 1 unspecified atom stereocenters. The Bertz CT molecular complexity index is 485. The van der Waals surface area contributed by atoms with Crippen LogP contribution in [-0.2, 0) is 4.79 Å². The largest absolute Gasteiger partial charge is 0.480 e. The molecule has 1 amide bonds. The van der Waals surface area contributed by atoms with Gasteiger partial charge in [-0.3, -0.25) is 9.78 Å². The van der Waals surface area contributed by atoms with E-state index >= 15 is 0 Å². The van der Waals surface area contributed by atoms with Gasteiger partial charge in [-0.1, -0.05) is 13.8 Å². The van der Waals surface area contributed by atoms with Crippen molar-refractivity contribution in [1.29, 1.82) is 0 Å². The predicted molar refractivity (Wildman–Crippen MR) is 69.7 cm³/mol. The summed E-state index contributed by atoms with van der Waals surface area (Å²) >= 11 is 0. The van der Waals surface area contributed by atoms with Gasteiger partial charge in [0.2, 0.25) is 0 Å². The third kappa shape index (κ3) is 2.59. The van der Waals surface area contributed by atoms with Gasteiger partial charge in [0.1, 0.15) is 6.04 Å². The second kappa shape index (κ2) is 4.99. The van der Waals surface area contributed by atoms with Gasteiger partial charge in [0.05, 0.1) is 5.56 Å². The Labute approximate surface area is 112 Å². The summed E-state index contributed by atoms with van der Waals surface area (Å²) < 4.78 is 0. The molecule has 102 valence electrons. The van der Waals surface area contributed by atoms with Gasteiger partial charge in [-0.05, 0) is 30.4 Å².